The number of carbonyl (C=O) groups excluding carboxylic acids is 2. The van der Waals surface area contributed by atoms with E-state index in [4.69, 9.17) is 16.6 Å². The van der Waals surface area contributed by atoms with Crippen molar-refractivity contribution < 1.29 is 14.0 Å². The average molecular weight is 438 g/mol. The molecule has 0 radical (unpaired) electrons. The summed E-state index contributed by atoms with van der Waals surface area (Å²) < 4.78 is 7.79. The van der Waals surface area contributed by atoms with E-state index < -0.39 is 0 Å². The Balaban J connectivity index is 1.43. The summed E-state index contributed by atoms with van der Waals surface area (Å²) in [5.41, 5.74) is 1.85. The van der Waals surface area contributed by atoms with E-state index >= 15 is 0 Å². The Bertz CT molecular complexity index is 1180. The molecular formula is C22H19N3O3S2. The molecule has 1 aliphatic carbocycles. The highest BCUT2D eigenvalue weighted by Gasteiger charge is 2.33. The summed E-state index contributed by atoms with van der Waals surface area (Å²) >= 11 is 6.70. The zero-order valence-electron chi connectivity index (χ0n) is 16.0. The summed E-state index contributed by atoms with van der Waals surface area (Å²) in [4.78, 5) is 27.4. The maximum absolute atomic E-state index is 12.9. The van der Waals surface area contributed by atoms with Gasteiger partial charge in [-0.2, -0.15) is 0 Å². The number of nitrogens with zero attached hydrogens (tertiary/aromatic N) is 2. The minimum absolute atomic E-state index is 0.00887. The number of rotatable bonds is 6. The smallest absolute Gasteiger partial charge is 0.266 e. The molecule has 1 saturated heterocycles. The van der Waals surface area contributed by atoms with E-state index in [-0.39, 0.29) is 18.4 Å². The van der Waals surface area contributed by atoms with Gasteiger partial charge in [0.15, 0.2) is 0 Å². The van der Waals surface area contributed by atoms with Crippen LogP contribution >= 0.6 is 24.0 Å². The second-order valence-electron chi connectivity index (χ2n) is 7.42. The fourth-order valence-electron chi connectivity index (χ4n) is 3.51. The molecule has 0 bridgehead atoms. The molecule has 0 unspecified atom stereocenters. The van der Waals surface area contributed by atoms with Gasteiger partial charge in [0.2, 0.25) is 5.91 Å². The lowest BCUT2D eigenvalue weighted by atomic mass is 10.1. The van der Waals surface area contributed by atoms with Crippen molar-refractivity contribution in [2.24, 2.45) is 0 Å². The standard InChI is InChI=1S/C22H19N3O3S2/c26-20(23-15-7-8-15)13-24-11-14(17-5-1-2-6-18(17)24)10-19-21(27)25(22(29)30-19)12-16-4-3-9-28-16/h1-6,9-11,15H,7-8,12-13H2,(H,23,26)/b19-10-. The molecule has 0 spiro atoms. The lowest BCUT2D eigenvalue weighted by Gasteiger charge is -2.11. The first-order valence-corrected chi connectivity index (χ1v) is 11.0. The number of fused-ring (bicyclic) bond motifs is 1. The molecule has 152 valence electrons. The predicted molar refractivity (Wildman–Crippen MR) is 121 cm³/mol. The quantitative estimate of drug-likeness (QED) is 0.468. The molecule has 2 aliphatic rings. The van der Waals surface area contributed by atoms with Crippen molar-refractivity contribution in [3.63, 3.8) is 0 Å². The molecule has 1 aromatic carbocycles. The zero-order valence-corrected chi connectivity index (χ0v) is 17.7. The van der Waals surface area contributed by atoms with Crippen LogP contribution in [0, 0.1) is 0 Å². The van der Waals surface area contributed by atoms with Crippen molar-refractivity contribution in [1.29, 1.82) is 0 Å². The number of nitrogens with one attached hydrogen (secondary N) is 1. The predicted octanol–water partition coefficient (Wildman–Crippen LogP) is 3.91. The molecule has 2 amide bonds. The maximum Gasteiger partial charge on any atom is 0.266 e. The van der Waals surface area contributed by atoms with Crippen LogP contribution in [0.2, 0.25) is 0 Å². The summed E-state index contributed by atoms with van der Waals surface area (Å²) in [7, 11) is 0. The van der Waals surface area contributed by atoms with Crippen molar-refractivity contribution in [3.05, 3.63) is 65.1 Å². The molecule has 8 heteroatoms. The topological polar surface area (TPSA) is 67.5 Å². The van der Waals surface area contributed by atoms with Gasteiger partial charge in [0.1, 0.15) is 16.6 Å². The molecule has 2 fully saturated rings. The van der Waals surface area contributed by atoms with Gasteiger partial charge in [0.25, 0.3) is 5.91 Å². The summed E-state index contributed by atoms with van der Waals surface area (Å²) in [6.45, 7) is 0.572. The molecule has 0 atom stereocenters. The zero-order chi connectivity index (χ0) is 20.7. The van der Waals surface area contributed by atoms with Crippen molar-refractivity contribution >= 4 is 57.1 Å². The average Bonchev–Trinajstić information content (AvgIpc) is 3.16. The highest BCUT2D eigenvalue weighted by molar-refractivity contribution is 8.26. The number of thioether (sulfide) groups is 1. The molecule has 5 rings (SSSR count). The van der Waals surface area contributed by atoms with Gasteiger partial charge in [0.05, 0.1) is 17.7 Å². The molecule has 1 N–H and O–H groups in total. The molecule has 1 aliphatic heterocycles. The van der Waals surface area contributed by atoms with Gasteiger partial charge in [-0.05, 0) is 37.1 Å². The normalized spacial score (nSPS) is 18.0. The molecule has 6 nitrogen and oxygen atoms in total. The summed E-state index contributed by atoms with van der Waals surface area (Å²) in [5.74, 6) is 0.560. The molecule has 2 aromatic heterocycles. The summed E-state index contributed by atoms with van der Waals surface area (Å²) in [5, 5.41) is 4.02. The Labute approximate surface area is 182 Å². The number of para-hydroxylation sites is 1. The van der Waals surface area contributed by atoms with E-state index in [2.05, 4.69) is 5.32 Å². The third-order valence-electron chi connectivity index (χ3n) is 5.13. The number of aromatic nitrogens is 1. The highest BCUT2D eigenvalue weighted by Crippen LogP contribution is 2.35. The highest BCUT2D eigenvalue weighted by atomic mass is 32.2. The first kappa shape index (κ1) is 19.1. The minimum atomic E-state index is -0.135. The van der Waals surface area contributed by atoms with Crippen LogP contribution < -0.4 is 5.32 Å². The molecule has 3 heterocycles. The minimum Gasteiger partial charge on any atom is -0.467 e. The van der Waals surface area contributed by atoms with Gasteiger partial charge in [-0.3, -0.25) is 14.5 Å². The summed E-state index contributed by atoms with van der Waals surface area (Å²) in [6, 6.07) is 11.8. The van der Waals surface area contributed by atoms with E-state index in [9.17, 15) is 9.59 Å². The van der Waals surface area contributed by atoms with E-state index in [1.165, 1.54) is 11.8 Å². The van der Waals surface area contributed by atoms with Crippen LogP contribution in [0.1, 0.15) is 24.2 Å². The van der Waals surface area contributed by atoms with Crippen LogP contribution in [0.3, 0.4) is 0 Å². The van der Waals surface area contributed by atoms with Crippen molar-refractivity contribution in [3.8, 4) is 0 Å². The first-order chi connectivity index (χ1) is 14.6. The second-order valence-corrected chi connectivity index (χ2v) is 9.09. The van der Waals surface area contributed by atoms with E-state index in [0.717, 1.165) is 29.3 Å². The van der Waals surface area contributed by atoms with E-state index in [1.807, 2.05) is 47.2 Å². The van der Waals surface area contributed by atoms with Crippen molar-refractivity contribution in [2.45, 2.75) is 32.0 Å². The third kappa shape index (κ3) is 3.80. The number of hydrogen-bond acceptors (Lipinski definition) is 5. The maximum atomic E-state index is 12.9. The SMILES string of the molecule is O=C(Cn1cc(/C=C2\SC(=S)N(Cc3ccco3)C2=O)c2ccccc21)NC1CC1. The first-order valence-electron chi connectivity index (χ1n) is 9.73. The van der Waals surface area contributed by atoms with Gasteiger partial charge in [-0.1, -0.05) is 42.2 Å². The van der Waals surface area contributed by atoms with Crippen LogP contribution in [-0.2, 0) is 22.7 Å². The lowest BCUT2D eigenvalue weighted by Crippen LogP contribution is -2.29. The lowest BCUT2D eigenvalue weighted by molar-refractivity contribution is -0.123. The summed E-state index contributed by atoms with van der Waals surface area (Å²) in [6.07, 6.45) is 7.48. The Morgan fingerprint density at radius 1 is 1.27 bits per heavy atom. The fourth-order valence-corrected chi connectivity index (χ4v) is 4.76. The van der Waals surface area contributed by atoms with Gasteiger partial charge >= 0.3 is 0 Å². The van der Waals surface area contributed by atoms with Gasteiger partial charge in [0, 0.05) is 28.7 Å². The van der Waals surface area contributed by atoms with Crippen LogP contribution in [0.5, 0.6) is 0 Å². The monoisotopic (exact) mass is 437 g/mol. The fraction of sp³-hybridized carbons (Fsp3) is 0.227. The molecule has 30 heavy (non-hydrogen) atoms. The third-order valence-corrected chi connectivity index (χ3v) is 6.51. The second kappa shape index (κ2) is 7.77. The molecule has 3 aromatic rings. The Hall–Kier alpha value is -2.84. The number of hydrogen-bond donors (Lipinski definition) is 1. The number of amides is 2. The largest absolute Gasteiger partial charge is 0.467 e. The number of benzene rings is 1. The molecule has 1 saturated carbocycles. The Kier molecular flexibility index (Phi) is 4.96. The van der Waals surface area contributed by atoms with E-state index in [0.29, 0.717) is 27.6 Å². The molecular weight excluding hydrogens is 418 g/mol. The van der Waals surface area contributed by atoms with Crippen molar-refractivity contribution in [1.82, 2.24) is 14.8 Å². The number of carbonyl (C=O) groups is 2. The number of thiocarbonyl (C=S) groups is 1. The van der Waals surface area contributed by atoms with Gasteiger partial charge in [-0.25, -0.2) is 0 Å². The number of furan rings is 1. The van der Waals surface area contributed by atoms with Crippen LogP contribution in [0.25, 0.3) is 17.0 Å². The van der Waals surface area contributed by atoms with Gasteiger partial charge in [-0.15, -0.1) is 0 Å². The van der Waals surface area contributed by atoms with Crippen molar-refractivity contribution in [2.75, 3.05) is 0 Å². The Morgan fingerprint density at radius 3 is 2.87 bits per heavy atom. The van der Waals surface area contributed by atoms with Crippen LogP contribution in [0.15, 0.2) is 58.2 Å². The van der Waals surface area contributed by atoms with E-state index in [1.54, 1.807) is 17.2 Å². The van der Waals surface area contributed by atoms with Gasteiger partial charge < -0.3 is 14.3 Å². The Morgan fingerprint density at radius 2 is 2.10 bits per heavy atom. The van der Waals surface area contributed by atoms with Crippen LogP contribution in [-0.4, -0.2) is 31.6 Å². The van der Waals surface area contributed by atoms with Crippen LogP contribution in [0.4, 0.5) is 0 Å².